The van der Waals surface area contributed by atoms with E-state index in [2.05, 4.69) is 6.07 Å². The molecule has 0 heterocycles. The highest BCUT2D eigenvalue weighted by Gasteiger charge is 2.29. The molecule has 0 amide bonds. The molecular weight excluding hydrogens is 354 g/mol. The molecule has 8 heteroatoms. The summed E-state index contributed by atoms with van der Waals surface area (Å²) in [7, 11) is -3.71. The Labute approximate surface area is 156 Å². The van der Waals surface area contributed by atoms with Crippen LogP contribution >= 0.6 is 0 Å². The molecule has 7 nitrogen and oxygen atoms in total. The predicted molar refractivity (Wildman–Crippen MR) is 102 cm³/mol. The van der Waals surface area contributed by atoms with E-state index in [9.17, 15) is 18.5 Å². The smallest absolute Gasteiger partial charge is 0.258 e. The average Bonchev–Trinajstić information content (AvgIpc) is 2.61. The maximum atomic E-state index is 12.8. The number of sulfonamides is 1. The minimum Gasteiger partial charge on any atom is -0.258 e. The molecule has 146 valence electrons. The second kappa shape index (κ2) is 10.9. The highest BCUT2D eigenvalue weighted by atomic mass is 32.2. The SMILES string of the molecule is CC.CCN(CC(C)(C)CCCC#N)S(=O)(=O)c1ccc([N+](=O)[O-])cc1. The van der Waals surface area contributed by atoms with Crippen molar-refractivity contribution in [1.29, 1.82) is 5.26 Å². The minimum atomic E-state index is -3.71. The number of nitrogens with zero attached hydrogens (tertiary/aromatic N) is 3. The maximum Gasteiger partial charge on any atom is 0.269 e. The summed E-state index contributed by atoms with van der Waals surface area (Å²) in [6.45, 7) is 10.3. The van der Waals surface area contributed by atoms with Crippen molar-refractivity contribution in [3.8, 4) is 6.07 Å². The number of benzene rings is 1. The van der Waals surface area contributed by atoms with Gasteiger partial charge in [0, 0.05) is 31.6 Å². The Morgan fingerprint density at radius 1 is 1.23 bits per heavy atom. The van der Waals surface area contributed by atoms with Gasteiger partial charge in [-0.1, -0.05) is 34.6 Å². The van der Waals surface area contributed by atoms with Crippen molar-refractivity contribution in [3.63, 3.8) is 0 Å². The molecule has 0 aliphatic carbocycles. The van der Waals surface area contributed by atoms with Crippen LogP contribution in [-0.2, 0) is 10.0 Å². The van der Waals surface area contributed by atoms with E-state index in [0.29, 0.717) is 19.5 Å². The first-order valence-corrected chi connectivity index (χ1v) is 10.2. The predicted octanol–water partition coefficient (Wildman–Crippen LogP) is 4.35. The number of nitriles is 1. The van der Waals surface area contributed by atoms with Crippen LogP contribution in [0.15, 0.2) is 29.2 Å². The summed E-state index contributed by atoms with van der Waals surface area (Å²) in [5.74, 6) is 0. The second-order valence-corrected chi connectivity index (χ2v) is 8.30. The van der Waals surface area contributed by atoms with E-state index in [1.54, 1.807) is 6.92 Å². The molecule has 26 heavy (non-hydrogen) atoms. The van der Waals surface area contributed by atoms with Crippen LogP contribution in [0.25, 0.3) is 0 Å². The van der Waals surface area contributed by atoms with Gasteiger partial charge in [-0.25, -0.2) is 8.42 Å². The molecule has 0 saturated heterocycles. The van der Waals surface area contributed by atoms with Crippen LogP contribution in [0.3, 0.4) is 0 Å². The lowest BCUT2D eigenvalue weighted by atomic mass is 9.87. The van der Waals surface area contributed by atoms with E-state index in [0.717, 1.165) is 12.8 Å². The molecule has 0 aliphatic heterocycles. The van der Waals surface area contributed by atoms with E-state index >= 15 is 0 Å². The zero-order chi connectivity index (χ0) is 20.4. The van der Waals surface area contributed by atoms with Gasteiger partial charge in [-0.2, -0.15) is 9.57 Å². The van der Waals surface area contributed by atoms with Gasteiger partial charge in [-0.05, 0) is 30.4 Å². The Balaban J connectivity index is 0.00000301. The molecule has 0 saturated carbocycles. The molecule has 0 radical (unpaired) electrons. The van der Waals surface area contributed by atoms with Gasteiger partial charge in [-0.3, -0.25) is 10.1 Å². The Bertz CT molecular complexity index is 707. The van der Waals surface area contributed by atoms with Crippen molar-refractivity contribution >= 4 is 15.7 Å². The van der Waals surface area contributed by atoms with Crippen molar-refractivity contribution in [1.82, 2.24) is 4.31 Å². The van der Waals surface area contributed by atoms with Crippen molar-refractivity contribution in [3.05, 3.63) is 34.4 Å². The van der Waals surface area contributed by atoms with Crippen LogP contribution in [-0.4, -0.2) is 30.7 Å². The standard InChI is InChI=1S/C16H23N3O4S.C2H6/c1-4-18(13-16(2,3)11-5-6-12-17)24(22,23)15-9-7-14(8-10-15)19(20)21;1-2/h7-10H,4-6,11,13H2,1-3H3;1-2H3. The number of nitro groups is 1. The molecule has 0 unspecified atom stereocenters. The molecule has 0 atom stereocenters. The zero-order valence-electron chi connectivity index (χ0n) is 16.2. The molecule has 0 bridgehead atoms. The number of nitro benzene ring substituents is 1. The lowest BCUT2D eigenvalue weighted by Gasteiger charge is -2.31. The van der Waals surface area contributed by atoms with E-state index in [1.165, 1.54) is 28.6 Å². The molecule has 1 rings (SSSR count). The van der Waals surface area contributed by atoms with E-state index in [4.69, 9.17) is 5.26 Å². The number of unbranched alkanes of at least 4 members (excludes halogenated alkanes) is 1. The van der Waals surface area contributed by atoms with Gasteiger partial charge in [0.2, 0.25) is 10.0 Å². The van der Waals surface area contributed by atoms with Crippen LogP contribution in [0, 0.1) is 26.9 Å². The van der Waals surface area contributed by atoms with Gasteiger partial charge in [0.15, 0.2) is 0 Å². The largest absolute Gasteiger partial charge is 0.269 e. The Morgan fingerprint density at radius 2 is 1.77 bits per heavy atom. The number of hydrogen-bond donors (Lipinski definition) is 0. The van der Waals surface area contributed by atoms with Crippen LogP contribution in [0.1, 0.15) is 53.9 Å². The Kier molecular flexibility index (Phi) is 10.1. The summed E-state index contributed by atoms with van der Waals surface area (Å²) in [4.78, 5) is 10.2. The highest BCUT2D eigenvalue weighted by Crippen LogP contribution is 2.28. The first kappa shape index (κ1) is 24.0. The number of rotatable bonds is 9. The monoisotopic (exact) mass is 383 g/mol. The zero-order valence-corrected chi connectivity index (χ0v) is 17.0. The molecule has 1 aromatic carbocycles. The quantitative estimate of drug-likeness (QED) is 0.358. The molecular formula is C18H29N3O4S. The molecule has 0 fully saturated rings. The van der Waals surface area contributed by atoms with Crippen molar-refractivity contribution < 1.29 is 13.3 Å². The summed E-state index contributed by atoms with van der Waals surface area (Å²) < 4.78 is 26.9. The van der Waals surface area contributed by atoms with Gasteiger partial charge in [0.05, 0.1) is 15.9 Å². The average molecular weight is 384 g/mol. The fraction of sp³-hybridized carbons (Fsp3) is 0.611. The van der Waals surface area contributed by atoms with Gasteiger partial charge in [0.25, 0.3) is 5.69 Å². The highest BCUT2D eigenvalue weighted by molar-refractivity contribution is 7.89. The Morgan fingerprint density at radius 3 is 2.19 bits per heavy atom. The lowest BCUT2D eigenvalue weighted by Crippen LogP contribution is -2.38. The molecule has 1 aromatic rings. The van der Waals surface area contributed by atoms with Gasteiger partial charge >= 0.3 is 0 Å². The van der Waals surface area contributed by atoms with Crippen LogP contribution in [0.4, 0.5) is 5.69 Å². The second-order valence-electron chi connectivity index (χ2n) is 6.36. The molecule has 0 aromatic heterocycles. The van der Waals surface area contributed by atoms with Crippen molar-refractivity contribution in [2.75, 3.05) is 13.1 Å². The van der Waals surface area contributed by atoms with E-state index in [-0.39, 0.29) is 16.0 Å². The van der Waals surface area contributed by atoms with Gasteiger partial charge < -0.3 is 0 Å². The lowest BCUT2D eigenvalue weighted by molar-refractivity contribution is -0.384. The number of non-ortho nitro benzene ring substituents is 1. The van der Waals surface area contributed by atoms with Gasteiger partial charge in [0.1, 0.15) is 0 Å². The summed E-state index contributed by atoms with van der Waals surface area (Å²) in [6.07, 6.45) is 1.91. The third-order valence-electron chi connectivity index (χ3n) is 3.78. The van der Waals surface area contributed by atoms with E-state index < -0.39 is 14.9 Å². The Hall–Kier alpha value is -1.98. The first-order chi connectivity index (χ1) is 12.1. The van der Waals surface area contributed by atoms with Crippen LogP contribution in [0.2, 0.25) is 0 Å². The molecule has 0 N–H and O–H groups in total. The molecule has 0 spiro atoms. The van der Waals surface area contributed by atoms with Crippen LogP contribution < -0.4 is 0 Å². The summed E-state index contributed by atoms with van der Waals surface area (Å²) in [5, 5.41) is 19.3. The minimum absolute atomic E-state index is 0.0442. The third kappa shape index (κ3) is 7.10. The topological polar surface area (TPSA) is 104 Å². The summed E-state index contributed by atoms with van der Waals surface area (Å²) >= 11 is 0. The third-order valence-corrected chi connectivity index (χ3v) is 5.72. The maximum absolute atomic E-state index is 12.8. The molecule has 0 aliphatic rings. The van der Waals surface area contributed by atoms with Crippen LogP contribution in [0.5, 0.6) is 0 Å². The normalized spacial score (nSPS) is 11.4. The number of hydrogen-bond acceptors (Lipinski definition) is 5. The fourth-order valence-corrected chi connectivity index (χ4v) is 4.10. The summed E-state index contributed by atoms with van der Waals surface area (Å²) in [6, 6.07) is 7.00. The first-order valence-electron chi connectivity index (χ1n) is 8.75. The van der Waals surface area contributed by atoms with Crippen molar-refractivity contribution in [2.24, 2.45) is 5.41 Å². The van der Waals surface area contributed by atoms with Crippen molar-refractivity contribution in [2.45, 2.75) is 58.8 Å². The fourth-order valence-electron chi connectivity index (χ4n) is 2.46. The van der Waals surface area contributed by atoms with Gasteiger partial charge in [-0.15, -0.1) is 0 Å². The van der Waals surface area contributed by atoms with E-state index in [1.807, 2.05) is 27.7 Å². The summed E-state index contributed by atoms with van der Waals surface area (Å²) in [5.41, 5.74) is -0.408.